The molecule has 8 rings (SSSR count). The third-order valence-electron chi connectivity index (χ3n) is 11.0. The summed E-state index contributed by atoms with van der Waals surface area (Å²) < 4.78 is 0. The third kappa shape index (κ3) is 7.45. The summed E-state index contributed by atoms with van der Waals surface area (Å²) in [6, 6.07) is 16.5. The number of hydrogen-bond donors (Lipinski definition) is 4. The van der Waals surface area contributed by atoms with Crippen molar-refractivity contribution in [3.8, 4) is 11.3 Å². The van der Waals surface area contributed by atoms with Crippen LogP contribution in [-0.4, -0.2) is 101 Å². The summed E-state index contributed by atoms with van der Waals surface area (Å²) >= 11 is 6.55. The Balaban J connectivity index is 0.726. The smallest absolute Gasteiger partial charge is 0.249 e. The number of carbonyl (C=O) groups excluding carboxylic acids is 2. The number of H-pyrrole nitrogens is 1. The highest BCUT2D eigenvalue weighted by molar-refractivity contribution is 6.33. The number of nitrogens with one attached hydrogen (secondary N) is 4. The van der Waals surface area contributed by atoms with Gasteiger partial charge >= 0.3 is 0 Å². The number of aromatic amines is 1. The Labute approximate surface area is 298 Å². The lowest BCUT2D eigenvalue weighted by Crippen LogP contribution is -2.50. The van der Waals surface area contributed by atoms with Gasteiger partial charge in [-0.3, -0.25) is 14.9 Å². The maximum atomic E-state index is 12.1. The Kier molecular flexibility index (Phi) is 9.62. The minimum atomic E-state index is -0.353. The highest BCUT2D eigenvalue weighted by atomic mass is 35.5. The molecule has 0 saturated carbocycles. The van der Waals surface area contributed by atoms with E-state index in [1.54, 1.807) is 6.20 Å². The molecule has 0 bridgehead atoms. The number of para-hydroxylation sites is 1. The molecule has 262 valence electrons. The first kappa shape index (κ1) is 33.0. The Hall–Kier alpha value is -4.19. The summed E-state index contributed by atoms with van der Waals surface area (Å²) in [6.07, 6.45) is 9.39. The van der Waals surface area contributed by atoms with Crippen LogP contribution in [0.25, 0.3) is 22.2 Å². The molecule has 4 fully saturated rings. The van der Waals surface area contributed by atoms with Crippen LogP contribution >= 0.6 is 11.6 Å². The van der Waals surface area contributed by atoms with Crippen molar-refractivity contribution in [2.45, 2.75) is 50.6 Å². The molecule has 0 radical (unpaired) electrons. The summed E-state index contributed by atoms with van der Waals surface area (Å²) in [5.74, 6) is 1.77. The van der Waals surface area contributed by atoms with Gasteiger partial charge in [-0.1, -0.05) is 29.8 Å². The maximum Gasteiger partial charge on any atom is 0.249 e. The molecule has 4 aliphatic rings. The standard InChI is InChI=1S/C38H46ClN9O2/c39-32-20-41-38(45-36(32)31-19-40-33-4-2-1-3-30(31)33)43-28-14-16-46(24-28)15-11-26-22-47(23-26)21-25-12-17-48(18-13-25)29-7-5-27(6-8-29)42-34-9-10-35(49)44-37(34)50/h1-8,19-20,25-26,28,34,40,42H,9-18,21-24H2,(H,41,43,45)(H,44,49,50). The number of rotatable bonds is 11. The van der Waals surface area contributed by atoms with Crippen molar-refractivity contribution in [2.75, 3.05) is 67.9 Å². The molecular formula is C38H46ClN9O2. The van der Waals surface area contributed by atoms with Crippen molar-refractivity contribution in [2.24, 2.45) is 11.8 Å². The van der Waals surface area contributed by atoms with Gasteiger partial charge in [0.15, 0.2) is 0 Å². The summed E-state index contributed by atoms with van der Waals surface area (Å²) in [6.45, 7) is 9.11. The molecule has 2 aromatic heterocycles. The van der Waals surface area contributed by atoms with Crippen molar-refractivity contribution in [3.05, 3.63) is 65.9 Å². The van der Waals surface area contributed by atoms with Crippen molar-refractivity contribution in [3.63, 3.8) is 0 Å². The predicted octanol–water partition coefficient (Wildman–Crippen LogP) is 5.22. The predicted molar refractivity (Wildman–Crippen MR) is 199 cm³/mol. The summed E-state index contributed by atoms with van der Waals surface area (Å²) in [7, 11) is 0. The molecule has 11 nitrogen and oxygen atoms in total. The first-order chi connectivity index (χ1) is 24.4. The number of halogens is 1. The molecule has 2 unspecified atom stereocenters. The number of piperidine rings is 2. The molecule has 2 aromatic carbocycles. The highest BCUT2D eigenvalue weighted by Gasteiger charge is 2.32. The van der Waals surface area contributed by atoms with Gasteiger partial charge in [0.1, 0.15) is 6.04 Å². The van der Waals surface area contributed by atoms with E-state index in [2.05, 4.69) is 64.9 Å². The van der Waals surface area contributed by atoms with Gasteiger partial charge in [-0.2, -0.15) is 0 Å². The second-order valence-corrected chi connectivity index (χ2v) is 15.0. The molecular weight excluding hydrogens is 650 g/mol. The van der Waals surface area contributed by atoms with Gasteiger partial charge in [0, 0.05) is 92.3 Å². The van der Waals surface area contributed by atoms with Gasteiger partial charge in [0.05, 0.1) is 16.9 Å². The molecule has 2 atom stereocenters. The average molecular weight is 696 g/mol. The largest absolute Gasteiger partial charge is 0.374 e. The van der Waals surface area contributed by atoms with Gasteiger partial charge in [0.25, 0.3) is 0 Å². The Morgan fingerprint density at radius 3 is 2.52 bits per heavy atom. The number of carbonyl (C=O) groups is 2. The van der Waals surface area contributed by atoms with Crippen LogP contribution in [0.1, 0.15) is 38.5 Å². The van der Waals surface area contributed by atoms with E-state index >= 15 is 0 Å². The molecule has 4 saturated heterocycles. The van der Waals surface area contributed by atoms with Gasteiger partial charge in [-0.25, -0.2) is 9.97 Å². The van der Waals surface area contributed by atoms with Gasteiger partial charge in [-0.15, -0.1) is 0 Å². The zero-order chi connectivity index (χ0) is 34.0. The molecule has 0 aliphatic carbocycles. The molecule has 4 aromatic rings. The number of hydrogen-bond acceptors (Lipinski definition) is 9. The minimum Gasteiger partial charge on any atom is -0.374 e. The molecule has 2 amide bonds. The van der Waals surface area contributed by atoms with E-state index in [1.165, 1.54) is 44.6 Å². The van der Waals surface area contributed by atoms with Crippen molar-refractivity contribution >= 4 is 51.6 Å². The van der Waals surface area contributed by atoms with Crippen LogP contribution < -0.4 is 20.9 Å². The van der Waals surface area contributed by atoms with Crippen molar-refractivity contribution in [1.82, 2.24) is 30.1 Å². The lowest BCUT2D eigenvalue weighted by Gasteiger charge is -2.43. The molecule has 6 heterocycles. The fraction of sp³-hybridized carbons (Fsp3) is 0.474. The molecule has 4 aliphatic heterocycles. The fourth-order valence-corrected chi connectivity index (χ4v) is 8.34. The minimum absolute atomic E-state index is 0.190. The van der Waals surface area contributed by atoms with Crippen molar-refractivity contribution in [1.29, 1.82) is 0 Å². The highest BCUT2D eigenvalue weighted by Crippen LogP contribution is 2.33. The zero-order valence-corrected chi connectivity index (χ0v) is 29.2. The second-order valence-electron chi connectivity index (χ2n) is 14.6. The quantitative estimate of drug-likeness (QED) is 0.157. The number of nitrogens with zero attached hydrogens (tertiary/aromatic N) is 5. The number of benzene rings is 2. The van der Waals surface area contributed by atoms with Gasteiger partial charge in [0.2, 0.25) is 17.8 Å². The Morgan fingerprint density at radius 2 is 1.70 bits per heavy atom. The zero-order valence-electron chi connectivity index (χ0n) is 28.4. The van der Waals surface area contributed by atoms with Crippen LogP contribution in [0.15, 0.2) is 60.9 Å². The van der Waals surface area contributed by atoms with Crippen LogP contribution in [0.4, 0.5) is 17.3 Å². The van der Waals surface area contributed by atoms with Crippen LogP contribution in [0.3, 0.4) is 0 Å². The lowest BCUT2D eigenvalue weighted by atomic mass is 9.91. The summed E-state index contributed by atoms with van der Waals surface area (Å²) in [5, 5.41) is 10.9. The van der Waals surface area contributed by atoms with E-state index in [0.717, 1.165) is 78.8 Å². The fourth-order valence-electron chi connectivity index (χ4n) is 8.14. The normalized spacial score (nSPS) is 22.5. The summed E-state index contributed by atoms with van der Waals surface area (Å²) in [4.78, 5) is 43.9. The van der Waals surface area contributed by atoms with E-state index in [1.807, 2.05) is 30.5 Å². The van der Waals surface area contributed by atoms with Crippen LogP contribution in [0.2, 0.25) is 5.02 Å². The number of likely N-dealkylation sites (tertiary alicyclic amines) is 2. The molecule has 0 spiro atoms. The molecule has 12 heteroatoms. The first-order valence-corrected chi connectivity index (χ1v) is 18.6. The average Bonchev–Trinajstić information content (AvgIpc) is 3.75. The monoisotopic (exact) mass is 695 g/mol. The maximum absolute atomic E-state index is 12.1. The van der Waals surface area contributed by atoms with Gasteiger partial charge < -0.3 is 30.3 Å². The molecule has 50 heavy (non-hydrogen) atoms. The van der Waals surface area contributed by atoms with Crippen LogP contribution in [0, 0.1) is 11.8 Å². The lowest BCUT2D eigenvalue weighted by molar-refractivity contribution is -0.133. The molecule has 4 N–H and O–H groups in total. The third-order valence-corrected chi connectivity index (χ3v) is 11.3. The van der Waals surface area contributed by atoms with Gasteiger partial charge in [-0.05, 0) is 80.8 Å². The number of anilines is 3. The van der Waals surface area contributed by atoms with E-state index in [9.17, 15) is 9.59 Å². The first-order valence-electron chi connectivity index (χ1n) is 18.2. The van der Waals surface area contributed by atoms with Crippen LogP contribution in [0.5, 0.6) is 0 Å². The number of amides is 2. The summed E-state index contributed by atoms with van der Waals surface area (Å²) in [5.41, 5.74) is 4.96. The van der Waals surface area contributed by atoms with Crippen LogP contribution in [-0.2, 0) is 9.59 Å². The Morgan fingerprint density at radius 1 is 0.880 bits per heavy atom. The number of aromatic nitrogens is 3. The van der Waals surface area contributed by atoms with E-state index in [0.29, 0.717) is 29.9 Å². The number of imide groups is 1. The SMILES string of the molecule is O=C1CCC(Nc2ccc(N3CCC(CN4CC(CCN5CCC(Nc6ncc(Cl)c(-c7c[nH]c8ccccc78)n6)C5)C4)CC3)cc2)C(=O)N1. The topological polar surface area (TPSA) is 122 Å². The van der Waals surface area contributed by atoms with E-state index in [4.69, 9.17) is 16.6 Å². The Bertz CT molecular complexity index is 1820. The number of fused-ring (bicyclic) bond motifs is 1. The second kappa shape index (κ2) is 14.6. The van der Waals surface area contributed by atoms with E-state index < -0.39 is 0 Å². The van der Waals surface area contributed by atoms with Crippen molar-refractivity contribution < 1.29 is 9.59 Å². The van der Waals surface area contributed by atoms with E-state index in [-0.39, 0.29) is 17.9 Å².